The molecule has 0 aliphatic carbocycles. The second kappa shape index (κ2) is 7.22. The van der Waals surface area contributed by atoms with Crippen molar-refractivity contribution in [3.05, 3.63) is 0 Å². The number of likely N-dealkylation sites (N-methyl/N-ethyl adjacent to an activating group) is 2. The summed E-state index contributed by atoms with van der Waals surface area (Å²) < 4.78 is 0. The van der Waals surface area contributed by atoms with E-state index in [1.165, 1.54) is 19.5 Å². The first-order valence-corrected chi connectivity index (χ1v) is 7.26. The molecule has 1 aliphatic rings. The molecule has 5 nitrogen and oxygen atoms in total. The molecule has 1 fully saturated rings. The first kappa shape index (κ1) is 16.4. The third-order valence-corrected chi connectivity index (χ3v) is 4.47. The van der Waals surface area contributed by atoms with Crippen LogP contribution in [0.2, 0.25) is 0 Å². The van der Waals surface area contributed by atoms with Gasteiger partial charge in [0.15, 0.2) is 0 Å². The molecule has 0 aromatic rings. The number of amides is 1. The normalized spacial score (nSPS) is 23.7. The second-order valence-corrected chi connectivity index (χ2v) is 6.11. The van der Waals surface area contributed by atoms with E-state index in [1.54, 1.807) is 7.05 Å². The van der Waals surface area contributed by atoms with Crippen LogP contribution < -0.4 is 11.1 Å². The molecular weight excluding hydrogens is 240 g/mol. The highest BCUT2D eigenvalue weighted by molar-refractivity contribution is 5.84. The van der Waals surface area contributed by atoms with Crippen LogP contribution in [0.25, 0.3) is 0 Å². The Bertz CT molecular complexity index is 295. The number of hydrogen-bond donors (Lipinski definition) is 2. The van der Waals surface area contributed by atoms with Crippen LogP contribution in [0.15, 0.2) is 0 Å². The maximum Gasteiger partial charge on any atom is 0.237 e. The zero-order valence-electron chi connectivity index (χ0n) is 12.9. The number of nitrogens with two attached hydrogens (primary N) is 1. The molecule has 1 saturated heterocycles. The van der Waals surface area contributed by atoms with Crippen molar-refractivity contribution in [1.82, 2.24) is 15.1 Å². The number of hydrogen-bond acceptors (Lipinski definition) is 4. The fourth-order valence-corrected chi connectivity index (χ4v) is 2.62. The Morgan fingerprint density at radius 1 is 1.47 bits per heavy atom. The lowest BCUT2D eigenvalue weighted by Gasteiger charge is -2.26. The molecule has 3 N–H and O–H groups in total. The van der Waals surface area contributed by atoms with Gasteiger partial charge in [0.25, 0.3) is 0 Å². The lowest BCUT2D eigenvalue weighted by Crippen LogP contribution is -2.51. The summed E-state index contributed by atoms with van der Waals surface area (Å²) >= 11 is 0. The third kappa shape index (κ3) is 4.75. The van der Waals surface area contributed by atoms with E-state index in [2.05, 4.69) is 29.2 Å². The van der Waals surface area contributed by atoms with Gasteiger partial charge in [0, 0.05) is 12.6 Å². The molecule has 0 bridgehead atoms. The highest BCUT2D eigenvalue weighted by Crippen LogP contribution is 2.16. The molecule has 5 heteroatoms. The van der Waals surface area contributed by atoms with Crippen LogP contribution >= 0.6 is 0 Å². The van der Waals surface area contributed by atoms with Crippen molar-refractivity contribution in [2.75, 3.05) is 40.8 Å². The van der Waals surface area contributed by atoms with Crippen molar-refractivity contribution in [2.24, 2.45) is 5.73 Å². The highest BCUT2D eigenvalue weighted by Gasteiger charge is 2.28. The van der Waals surface area contributed by atoms with E-state index in [-0.39, 0.29) is 5.91 Å². The minimum Gasteiger partial charge on any atom is -0.368 e. The number of nitrogens with one attached hydrogen (secondary N) is 1. The fraction of sp³-hybridized carbons (Fsp3) is 0.929. The van der Waals surface area contributed by atoms with Crippen LogP contribution in [-0.2, 0) is 4.79 Å². The van der Waals surface area contributed by atoms with Crippen LogP contribution in [0.4, 0.5) is 0 Å². The minimum atomic E-state index is -0.558. The number of nitrogens with zero attached hydrogens (tertiary/aromatic N) is 2. The number of unbranched alkanes of at least 4 members (excludes halogenated alkanes) is 1. The topological polar surface area (TPSA) is 61.6 Å². The van der Waals surface area contributed by atoms with Crippen LogP contribution in [0.1, 0.15) is 32.6 Å². The Balaban J connectivity index is 2.20. The highest BCUT2D eigenvalue weighted by atomic mass is 16.1. The summed E-state index contributed by atoms with van der Waals surface area (Å²) in [7, 11) is 6.10. The number of carbonyl (C=O) groups excluding carboxylic acids is 1. The molecular formula is C14H30N4O. The van der Waals surface area contributed by atoms with Gasteiger partial charge < -0.3 is 20.9 Å². The van der Waals surface area contributed by atoms with Gasteiger partial charge >= 0.3 is 0 Å². The lowest BCUT2D eigenvalue weighted by atomic mass is 9.94. The number of likely N-dealkylation sites (tertiary alicyclic amines) is 1. The summed E-state index contributed by atoms with van der Waals surface area (Å²) in [6.45, 7) is 5.38. The Hall–Kier alpha value is -0.650. The van der Waals surface area contributed by atoms with E-state index in [0.29, 0.717) is 6.04 Å². The van der Waals surface area contributed by atoms with Crippen LogP contribution in [0.3, 0.4) is 0 Å². The van der Waals surface area contributed by atoms with E-state index in [9.17, 15) is 4.79 Å². The summed E-state index contributed by atoms with van der Waals surface area (Å²) in [6.07, 6.45) is 4.24. The summed E-state index contributed by atoms with van der Waals surface area (Å²) in [4.78, 5) is 16.2. The molecule has 0 aromatic heterocycles. The average Bonchev–Trinajstić information content (AvgIpc) is 2.83. The first-order chi connectivity index (χ1) is 8.89. The molecule has 1 amide bonds. The molecule has 1 rings (SSSR count). The van der Waals surface area contributed by atoms with Crippen LogP contribution in [0, 0.1) is 0 Å². The van der Waals surface area contributed by atoms with E-state index >= 15 is 0 Å². The molecule has 1 heterocycles. The van der Waals surface area contributed by atoms with Crippen molar-refractivity contribution in [2.45, 2.75) is 44.2 Å². The predicted octanol–water partition coefficient (Wildman–Crippen LogP) is 0.256. The van der Waals surface area contributed by atoms with Gasteiger partial charge in [-0.05, 0) is 66.8 Å². The standard InChI is InChI=1S/C14H30N4O/c1-14(16-2,13(15)19)8-5-6-9-18-10-7-12(11-18)17(3)4/h12,16H,5-11H2,1-4H3,(H2,15,19). The van der Waals surface area contributed by atoms with Crippen molar-refractivity contribution in [3.8, 4) is 0 Å². The fourth-order valence-electron chi connectivity index (χ4n) is 2.62. The smallest absolute Gasteiger partial charge is 0.237 e. The maximum atomic E-state index is 11.4. The molecule has 0 spiro atoms. The van der Waals surface area contributed by atoms with Gasteiger partial charge in [-0.25, -0.2) is 0 Å². The molecule has 0 saturated carbocycles. The van der Waals surface area contributed by atoms with E-state index in [4.69, 9.17) is 5.73 Å². The Labute approximate surface area is 117 Å². The number of rotatable bonds is 8. The van der Waals surface area contributed by atoms with Gasteiger partial charge in [-0.1, -0.05) is 0 Å². The average molecular weight is 270 g/mol. The van der Waals surface area contributed by atoms with E-state index in [0.717, 1.165) is 25.8 Å². The number of carbonyl (C=O) groups is 1. The number of primary amides is 1. The summed E-state index contributed by atoms with van der Waals surface area (Å²) in [6, 6.07) is 0.702. The quantitative estimate of drug-likeness (QED) is 0.621. The van der Waals surface area contributed by atoms with Gasteiger partial charge in [-0.2, -0.15) is 0 Å². The summed E-state index contributed by atoms with van der Waals surface area (Å²) in [5, 5.41) is 3.03. The zero-order valence-corrected chi connectivity index (χ0v) is 12.9. The zero-order chi connectivity index (χ0) is 14.5. The Morgan fingerprint density at radius 3 is 2.63 bits per heavy atom. The van der Waals surface area contributed by atoms with Crippen LogP contribution in [-0.4, -0.2) is 68.1 Å². The monoisotopic (exact) mass is 270 g/mol. The largest absolute Gasteiger partial charge is 0.368 e. The Kier molecular flexibility index (Phi) is 6.23. The van der Waals surface area contributed by atoms with Crippen molar-refractivity contribution in [1.29, 1.82) is 0 Å². The SMILES string of the molecule is CNC(C)(CCCCN1CCC(N(C)C)C1)C(N)=O. The third-order valence-electron chi connectivity index (χ3n) is 4.47. The second-order valence-electron chi connectivity index (χ2n) is 6.11. The predicted molar refractivity (Wildman–Crippen MR) is 79.0 cm³/mol. The van der Waals surface area contributed by atoms with Gasteiger partial charge in [0.1, 0.15) is 0 Å². The lowest BCUT2D eigenvalue weighted by molar-refractivity contribution is -0.123. The van der Waals surface area contributed by atoms with Crippen molar-refractivity contribution in [3.63, 3.8) is 0 Å². The van der Waals surface area contributed by atoms with Gasteiger partial charge in [-0.15, -0.1) is 0 Å². The molecule has 1 aliphatic heterocycles. The van der Waals surface area contributed by atoms with E-state index < -0.39 is 5.54 Å². The summed E-state index contributed by atoms with van der Waals surface area (Å²) in [5.74, 6) is -0.260. The van der Waals surface area contributed by atoms with Gasteiger partial charge in [-0.3, -0.25) is 4.79 Å². The van der Waals surface area contributed by atoms with Crippen molar-refractivity contribution < 1.29 is 4.79 Å². The minimum absolute atomic E-state index is 0.260. The van der Waals surface area contributed by atoms with E-state index in [1.807, 2.05) is 6.92 Å². The van der Waals surface area contributed by atoms with Crippen LogP contribution in [0.5, 0.6) is 0 Å². The molecule has 19 heavy (non-hydrogen) atoms. The van der Waals surface area contributed by atoms with Gasteiger partial charge in [0.2, 0.25) is 5.91 Å². The first-order valence-electron chi connectivity index (χ1n) is 7.26. The van der Waals surface area contributed by atoms with Crippen molar-refractivity contribution >= 4 is 5.91 Å². The summed E-state index contributed by atoms with van der Waals surface area (Å²) in [5.41, 5.74) is 4.86. The molecule has 0 radical (unpaired) electrons. The molecule has 112 valence electrons. The molecule has 2 atom stereocenters. The van der Waals surface area contributed by atoms with Gasteiger partial charge in [0.05, 0.1) is 5.54 Å². The molecule has 2 unspecified atom stereocenters. The molecule has 0 aromatic carbocycles. The Morgan fingerprint density at radius 2 is 2.16 bits per heavy atom. The maximum absolute atomic E-state index is 11.4.